The summed E-state index contributed by atoms with van der Waals surface area (Å²) in [5, 5.41) is 9.35. The molecule has 1 fully saturated rings. The molecule has 1 aromatic heterocycles. The molecule has 1 amide bonds. The quantitative estimate of drug-likeness (QED) is 0.888. The van der Waals surface area contributed by atoms with Crippen LogP contribution >= 0.6 is 11.6 Å². The van der Waals surface area contributed by atoms with Crippen LogP contribution in [0.2, 0.25) is 5.02 Å². The lowest BCUT2D eigenvalue weighted by atomic mass is 10.3. The summed E-state index contributed by atoms with van der Waals surface area (Å²) in [4.78, 5) is 24.6. The van der Waals surface area contributed by atoms with Crippen LogP contribution in [-0.2, 0) is 11.3 Å². The number of halogens is 1. The average Bonchev–Trinajstić information content (AvgIpc) is 3.08. The Labute approximate surface area is 110 Å². The molecule has 6 heteroatoms. The molecule has 2 rings (SSSR count). The number of aliphatic carboxylic acids is 1. The van der Waals surface area contributed by atoms with Gasteiger partial charge in [-0.25, -0.2) is 0 Å². The van der Waals surface area contributed by atoms with E-state index < -0.39 is 5.97 Å². The first kappa shape index (κ1) is 13.0. The van der Waals surface area contributed by atoms with E-state index >= 15 is 0 Å². The average molecular weight is 271 g/mol. The highest BCUT2D eigenvalue weighted by molar-refractivity contribution is 6.31. The number of amides is 1. The van der Waals surface area contributed by atoms with Crippen molar-refractivity contribution in [2.75, 3.05) is 6.54 Å². The highest BCUT2D eigenvalue weighted by Crippen LogP contribution is 2.28. The van der Waals surface area contributed by atoms with Crippen LogP contribution < -0.4 is 0 Å². The number of carboxylic acid groups (broad SMARTS) is 1. The lowest BCUT2D eigenvalue weighted by molar-refractivity contribution is -0.137. The molecule has 0 aromatic carbocycles. The molecule has 0 radical (unpaired) electrons. The zero-order valence-corrected chi connectivity index (χ0v) is 10.9. The first-order chi connectivity index (χ1) is 8.52. The van der Waals surface area contributed by atoms with Crippen molar-refractivity contribution >= 4 is 23.5 Å². The topological polar surface area (TPSA) is 62.5 Å². The molecule has 0 atom stereocenters. The fourth-order valence-corrected chi connectivity index (χ4v) is 2.18. The van der Waals surface area contributed by atoms with Gasteiger partial charge < -0.3 is 14.6 Å². The fraction of sp³-hybridized carbons (Fsp3) is 0.500. The zero-order valence-electron chi connectivity index (χ0n) is 10.1. The van der Waals surface area contributed by atoms with E-state index in [1.165, 1.54) is 4.90 Å². The van der Waals surface area contributed by atoms with Crippen LogP contribution in [0.4, 0.5) is 0 Å². The second-order valence-electron chi connectivity index (χ2n) is 4.39. The Morgan fingerprint density at radius 2 is 2.22 bits per heavy atom. The Morgan fingerprint density at radius 3 is 2.72 bits per heavy atom. The van der Waals surface area contributed by atoms with Crippen molar-refractivity contribution in [1.82, 2.24) is 9.47 Å². The molecular weight excluding hydrogens is 256 g/mol. The second-order valence-corrected chi connectivity index (χ2v) is 4.82. The van der Waals surface area contributed by atoms with Crippen LogP contribution in [0.3, 0.4) is 0 Å². The van der Waals surface area contributed by atoms with Crippen LogP contribution in [0, 0.1) is 0 Å². The Bertz CT molecular complexity index is 480. The summed E-state index contributed by atoms with van der Waals surface area (Å²) in [6.45, 7) is 2.28. The smallest absolute Gasteiger partial charge is 0.323 e. The van der Waals surface area contributed by atoms with Crippen LogP contribution in [0.15, 0.2) is 12.3 Å². The largest absolute Gasteiger partial charge is 0.480 e. The maximum absolute atomic E-state index is 12.3. The minimum Gasteiger partial charge on any atom is -0.480 e. The molecule has 0 bridgehead atoms. The highest BCUT2D eigenvalue weighted by atomic mass is 35.5. The van der Waals surface area contributed by atoms with Gasteiger partial charge in [-0.3, -0.25) is 9.59 Å². The minimum atomic E-state index is -0.990. The van der Waals surface area contributed by atoms with Gasteiger partial charge >= 0.3 is 5.97 Å². The molecule has 18 heavy (non-hydrogen) atoms. The van der Waals surface area contributed by atoms with Gasteiger partial charge in [0.25, 0.3) is 5.91 Å². The molecule has 0 unspecified atom stereocenters. The Morgan fingerprint density at radius 1 is 1.56 bits per heavy atom. The van der Waals surface area contributed by atoms with E-state index in [1.54, 1.807) is 16.8 Å². The number of aryl methyl sites for hydroxylation is 1. The highest BCUT2D eigenvalue weighted by Gasteiger charge is 2.35. The van der Waals surface area contributed by atoms with Gasteiger partial charge in [0.05, 0.1) is 5.02 Å². The number of nitrogens with zero attached hydrogens (tertiary/aromatic N) is 2. The molecule has 98 valence electrons. The summed E-state index contributed by atoms with van der Waals surface area (Å²) in [7, 11) is 0. The van der Waals surface area contributed by atoms with Crippen molar-refractivity contribution < 1.29 is 14.7 Å². The van der Waals surface area contributed by atoms with Gasteiger partial charge in [-0.2, -0.15) is 0 Å². The predicted octanol–water partition coefficient (Wildman–Crippen LogP) is 1.85. The van der Waals surface area contributed by atoms with E-state index in [0.29, 0.717) is 17.3 Å². The van der Waals surface area contributed by atoms with Gasteiger partial charge in [0.15, 0.2) is 0 Å². The van der Waals surface area contributed by atoms with E-state index in [-0.39, 0.29) is 18.5 Å². The molecule has 0 aliphatic heterocycles. The minimum absolute atomic E-state index is 0.0626. The Balaban J connectivity index is 2.24. The van der Waals surface area contributed by atoms with Crippen LogP contribution in [-0.4, -0.2) is 39.0 Å². The van der Waals surface area contributed by atoms with Crippen molar-refractivity contribution in [3.05, 3.63) is 23.0 Å². The molecule has 1 aromatic rings. The maximum Gasteiger partial charge on any atom is 0.323 e. The molecule has 1 N–H and O–H groups in total. The van der Waals surface area contributed by atoms with E-state index in [4.69, 9.17) is 16.7 Å². The van der Waals surface area contributed by atoms with E-state index in [1.807, 2.05) is 6.92 Å². The number of rotatable bonds is 5. The Hall–Kier alpha value is -1.49. The molecule has 1 aliphatic rings. The predicted molar refractivity (Wildman–Crippen MR) is 66.8 cm³/mol. The standard InChI is InChI=1S/C12H15ClN2O3/c1-2-14-6-8(13)5-10(14)12(18)15(7-11(16)17)9-3-4-9/h5-6,9H,2-4,7H2,1H3,(H,16,17). The van der Waals surface area contributed by atoms with Crippen molar-refractivity contribution in [2.45, 2.75) is 32.4 Å². The normalized spacial score (nSPS) is 14.6. The number of hydrogen-bond acceptors (Lipinski definition) is 2. The van der Waals surface area contributed by atoms with Gasteiger partial charge in [-0.05, 0) is 25.8 Å². The van der Waals surface area contributed by atoms with Gasteiger partial charge in [0.1, 0.15) is 12.2 Å². The van der Waals surface area contributed by atoms with Crippen molar-refractivity contribution in [2.24, 2.45) is 0 Å². The molecule has 1 saturated carbocycles. The van der Waals surface area contributed by atoms with Gasteiger partial charge in [-0.1, -0.05) is 11.6 Å². The van der Waals surface area contributed by atoms with Gasteiger partial charge in [0, 0.05) is 18.8 Å². The Kier molecular flexibility index (Phi) is 3.61. The first-order valence-electron chi connectivity index (χ1n) is 5.91. The number of carboxylic acids is 1. The van der Waals surface area contributed by atoms with E-state index in [0.717, 1.165) is 12.8 Å². The lowest BCUT2D eigenvalue weighted by Crippen LogP contribution is -2.38. The molecule has 0 saturated heterocycles. The third-order valence-electron chi connectivity index (χ3n) is 2.98. The monoisotopic (exact) mass is 270 g/mol. The van der Waals surface area contributed by atoms with Crippen molar-refractivity contribution in [3.63, 3.8) is 0 Å². The van der Waals surface area contributed by atoms with Crippen molar-refractivity contribution in [1.29, 1.82) is 0 Å². The summed E-state index contributed by atoms with van der Waals surface area (Å²) in [6, 6.07) is 1.65. The number of aromatic nitrogens is 1. The first-order valence-corrected chi connectivity index (χ1v) is 6.29. The zero-order chi connectivity index (χ0) is 13.3. The van der Waals surface area contributed by atoms with Gasteiger partial charge in [-0.15, -0.1) is 0 Å². The van der Waals surface area contributed by atoms with Crippen LogP contribution in [0.5, 0.6) is 0 Å². The fourth-order valence-electron chi connectivity index (χ4n) is 1.96. The maximum atomic E-state index is 12.3. The van der Waals surface area contributed by atoms with Crippen LogP contribution in [0.25, 0.3) is 0 Å². The molecule has 0 spiro atoms. The summed E-state index contributed by atoms with van der Waals surface area (Å²) in [5.41, 5.74) is 0.454. The number of carbonyl (C=O) groups excluding carboxylic acids is 1. The molecule has 5 nitrogen and oxygen atoms in total. The van der Waals surface area contributed by atoms with Crippen molar-refractivity contribution in [3.8, 4) is 0 Å². The molecule has 1 heterocycles. The summed E-state index contributed by atoms with van der Waals surface area (Å²) in [6.07, 6.45) is 3.43. The van der Waals surface area contributed by atoms with E-state index in [2.05, 4.69) is 0 Å². The number of carbonyl (C=O) groups is 2. The lowest BCUT2D eigenvalue weighted by Gasteiger charge is -2.20. The second kappa shape index (κ2) is 5.02. The number of hydrogen-bond donors (Lipinski definition) is 1. The summed E-state index contributed by atoms with van der Waals surface area (Å²) >= 11 is 5.89. The third kappa shape index (κ3) is 2.67. The van der Waals surface area contributed by atoms with E-state index in [9.17, 15) is 9.59 Å². The van der Waals surface area contributed by atoms with Gasteiger partial charge in [0.2, 0.25) is 0 Å². The molecular formula is C12H15ClN2O3. The molecule has 1 aliphatic carbocycles. The SMILES string of the molecule is CCn1cc(Cl)cc1C(=O)N(CC(=O)O)C1CC1. The van der Waals surface area contributed by atoms with Crippen LogP contribution in [0.1, 0.15) is 30.3 Å². The third-order valence-corrected chi connectivity index (χ3v) is 3.18. The summed E-state index contributed by atoms with van der Waals surface area (Å²) < 4.78 is 1.74. The summed E-state index contributed by atoms with van der Waals surface area (Å²) in [5.74, 6) is -1.25.